The summed E-state index contributed by atoms with van der Waals surface area (Å²) >= 11 is 0. The third-order valence-electron chi connectivity index (χ3n) is 2.10. The number of halogens is 4. The predicted octanol–water partition coefficient (Wildman–Crippen LogP) is 3.30. The minimum absolute atomic E-state index is 0.147. The normalized spacial score (nSPS) is 10.6. The SMILES string of the molecule is CC(=O)c1cc(C#N)c(C(F)F)c(OC(F)F)c1. The molecule has 0 radical (unpaired) electrons. The fourth-order valence-corrected chi connectivity index (χ4v) is 1.34. The van der Waals surface area contributed by atoms with Gasteiger partial charge in [-0.05, 0) is 19.1 Å². The average molecular weight is 261 g/mol. The van der Waals surface area contributed by atoms with Gasteiger partial charge in [-0.25, -0.2) is 8.78 Å². The second-order valence-electron chi connectivity index (χ2n) is 3.28. The number of nitrogens with zero attached hydrogens (tertiary/aromatic N) is 1. The van der Waals surface area contributed by atoms with Gasteiger partial charge in [0.15, 0.2) is 5.78 Å². The first kappa shape index (κ1) is 14.0. The van der Waals surface area contributed by atoms with Crippen molar-refractivity contribution < 1.29 is 27.1 Å². The Hall–Kier alpha value is -2.10. The predicted molar refractivity (Wildman–Crippen MR) is 52.8 cm³/mol. The van der Waals surface area contributed by atoms with Crippen LogP contribution in [0.2, 0.25) is 0 Å². The van der Waals surface area contributed by atoms with E-state index in [2.05, 4.69) is 4.74 Å². The van der Waals surface area contributed by atoms with E-state index in [0.717, 1.165) is 19.1 Å². The standard InChI is InChI=1S/C11H7F4NO2/c1-5(17)6-2-7(4-16)9(10(12)13)8(3-6)18-11(14)15/h2-3,10-11H,1H3. The van der Waals surface area contributed by atoms with Gasteiger partial charge in [0.25, 0.3) is 6.43 Å². The number of carbonyl (C=O) groups is 1. The Balaban J connectivity index is 3.47. The number of rotatable bonds is 4. The molecular weight excluding hydrogens is 254 g/mol. The molecule has 0 aliphatic rings. The Morgan fingerprint density at radius 3 is 2.33 bits per heavy atom. The van der Waals surface area contributed by atoms with Crippen molar-refractivity contribution >= 4 is 5.78 Å². The van der Waals surface area contributed by atoms with Crippen LogP contribution in [0.4, 0.5) is 17.6 Å². The maximum atomic E-state index is 12.7. The third-order valence-corrected chi connectivity index (χ3v) is 2.10. The molecule has 0 spiro atoms. The average Bonchev–Trinajstić information content (AvgIpc) is 2.26. The molecule has 18 heavy (non-hydrogen) atoms. The highest BCUT2D eigenvalue weighted by Crippen LogP contribution is 2.34. The van der Waals surface area contributed by atoms with E-state index in [1.165, 1.54) is 6.07 Å². The number of ether oxygens (including phenoxy) is 1. The molecule has 1 aromatic carbocycles. The molecule has 0 fully saturated rings. The maximum absolute atomic E-state index is 12.7. The van der Waals surface area contributed by atoms with E-state index in [4.69, 9.17) is 5.26 Å². The first-order valence-corrected chi connectivity index (χ1v) is 4.68. The van der Waals surface area contributed by atoms with E-state index in [1.54, 1.807) is 0 Å². The van der Waals surface area contributed by atoms with Gasteiger partial charge in [0.05, 0.1) is 17.2 Å². The summed E-state index contributed by atoms with van der Waals surface area (Å²) in [6.07, 6.45) is -3.16. The fraction of sp³-hybridized carbons (Fsp3) is 0.273. The van der Waals surface area contributed by atoms with Gasteiger partial charge in [-0.1, -0.05) is 0 Å². The number of nitriles is 1. The zero-order valence-electron chi connectivity index (χ0n) is 9.08. The molecule has 0 saturated carbocycles. The quantitative estimate of drug-likeness (QED) is 0.617. The summed E-state index contributed by atoms with van der Waals surface area (Å²) in [4.78, 5) is 11.1. The van der Waals surface area contributed by atoms with Gasteiger partial charge < -0.3 is 4.74 Å². The molecule has 0 aliphatic heterocycles. The molecule has 0 atom stereocenters. The zero-order chi connectivity index (χ0) is 13.9. The summed E-state index contributed by atoms with van der Waals surface area (Å²) in [5.41, 5.74) is -1.65. The van der Waals surface area contributed by atoms with Crippen molar-refractivity contribution in [1.82, 2.24) is 0 Å². The molecule has 1 aromatic rings. The number of hydrogen-bond donors (Lipinski definition) is 0. The largest absolute Gasteiger partial charge is 0.434 e. The number of ketones is 1. The lowest BCUT2D eigenvalue weighted by Gasteiger charge is -2.12. The van der Waals surface area contributed by atoms with Gasteiger partial charge in [0, 0.05) is 5.56 Å². The van der Waals surface area contributed by atoms with E-state index in [-0.39, 0.29) is 5.56 Å². The van der Waals surface area contributed by atoms with Crippen LogP contribution in [0.5, 0.6) is 5.75 Å². The number of alkyl halides is 4. The van der Waals surface area contributed by atoms with Crippen LogP contribution < -0.4 is 4.74 Å². The summed E-state index contributed by atoms with van der Waals surface area (Å²) in [5.74, 6) is -1.41. The Labute approximate surface area is 99.6 Å². The van der Waals surface area contributed by atoms with Crippen LogP contribution in [0.1, 0.15) is 34.8 Å². The zero-order valence-corrected chi connectivity index (χ0v) is 9.08. The molecule has 1 rings (SSSR count). The molecule has 3 nitrogen and oxygen atoms in total. The molecule has 0 aromatic heterocycles. The van der Waals surface area contributed by atoms with E-state index < -0.39 is 35.7 Å². The molecular formula is C11H7F4NO2. The van der Waals surface area contributed by atoms with E-state index in [1.807, 2.05) is 0 Å². The Bertz CT molecular complexity index is 509. The van der Waals surface area contributed by atoms with Gasteiger partial charge in [0.2, 0.25) is 0 Å². The van der Waals surface area contributed by atoms with Crippen LogP contribution in [0.3, 0.4) is 0 Å². The fourth-order valence-electron chi connectivity index (χ4n) is 1.34. The smallest absolute Gasteiger partial charge is 0.387 e. The number of carbonyl (C=O) groups excluding carboxylic acids is 1. The van der Waals surface area contributed by atoms with E-state index >= 15 is 0 Å². The first-order chi connectivity index (χ1) is 8.36. The summed E-state index contributed by atoms with van der Waals surface area (Å²) in [5, 5.41) is 8.69. The van der Waals surface area contributed by atoms with Crippen molar-refractivity contribution in [1.29, 1.82) is 5.26 Å². The Morgan fingerprint density at radius 1 is 1.33 bits per heavy atom. The second-order valence-corrected chi connectivity index (χ2v) is 3.28. The minimum Gasteiger partial charge on any atom is -0.434 e. The van der Waals surface area contributed by atoms with Crippen LogP contribution in [0, 0.1) is 11.3 Å². The maximum Gasteiger partial charge on any atom is 0.387 e. The van der Waals surface area contributed by atoms with Crippen molar-refractivity contribution in [2.45, 2.75) is 20.0 Å². The summed E-state index contributed by atoms with van der Waals surface area (Å²) in [6.45, 7) is -2.21. The van der Waals surface area contributed by atoms with E-state index in [9.17, 15) is 22.4 Å². The van der Waals surface area contributed by atoms with Crippen LogP contribution in [-0.2, 0) is 0 Å². The van der Waals surface area contributed by atoms with Gasteiger partial charge in [-0.15, -0.1) is 0 Å². The number of benzene rings is 1. The van der Waals surface area contributed by atoms with Gasteiger partial charge >= 0.3 is 6.61 Å². The summed E-state index contributed by atoms with van der Waals surface area (Å²) in [7, 11) is 0. The molecule has 7 heteroatoms. The molecule has 0 N–H and O–H groups in total. The highest BCUT2D eigenvalue weighted by atomic mass is 19.3. The summed E-state index contributed by atoms with van der Waals surface area (Å²) in [6, 6.07) is 3.12. The van der Waals surface area contributed by atoms with E-state index in [0.29, 0.717) is 0 Å². The highest BCUT2D eigenvalue weighted by Gasteiger charge is 2.23. The van der Waals surface area contributed by atoms with Crippen molar-refractivity contribution in [3.8, 4) is 11.8 Å². The number of hydrogen-bond acceptors (Lipinski definition) is 3. The third kappa shape index (κ3) is 2.97. The van der Waals surface area contributed by atoms with Crippen molar-refractivity contribution in [3.05, 3.63) is 28.8 Å². The molecule has 0 heterocycles. The van der Waals surface area contributed by atoms with Crippen molar-refractivity contribution in [3.63, 3.8) is 0 Å². The van der Waals surface area contributed by atoms with Gasteiger partial charge in [-0.2, -0.15) is 14.0 Å². The first-order valence-electron chi connectivity index (χ1n) is 4.68. The molecule has 0 unspecified atom stereocenters. The molecule has 0 aliphatic carbocycles. The van der Waals surface area contributed by atoms with Crippen LogP contribution in [0.25, 0.3) is 0 Å². The van der Waals surface area contributed by atoms with Crippen molar-refractivity contribution in [2.24, 2.45) is 0 Å². The van der Waals surface area contributed by atoms with Crippen LogP contribution >= 0.6 is 0 Å². The molecule has 0 bridgehead atoms. The lowest BCUT2D eigenvalue weighted by Crippen LogP contribution is -2.08. The topological polar surface area (TPSA) is 50.1 Å². The highest BCUT2D eigenvalue weighted by molar-refractivity contribution is 5.95. The second kappa shape index (κ2) is 5.49. The monoisotopic (exact) mass is 261 g/mol. The minimum atomic E-state index is -3.32. The molecule has 96 valence electrons. The van der Waals surface area contributed by atoms with Gasteiger partial charge in [0.1, 0.15) is 5.75 Å². The van der Waals surface area contributed by atoms with Crippen LogP contribution in [0.15, 0.2) is 12.1 Å². The number of Topliss-reactive ketones (excluding diaryl/α,β-unsaturated/α-hetero) is 1. The molecule has 0 amide bonds. The van der Waals surface area contributed by atoms with Crippen LogP contribution in [-0.4, -0.2) is 12.4 Å². The lowest BCUT2D eigenvalue weighted by atomic mass is 10.0. The Kier molecular flexibility index (Phi) is 4.26. The lowest BCUT2D eigenvalue weighted by molar-refractivity contribution is -0.0520. The Morgan fingerprint density at radius 2 is 1.94 bits per heavy atom. The van der Waals surface area contributed by atoms with Crippen molar-refractivity contribution in [2.75, 3.05) is 0 Å². The summed E-state index contributed by atoms with van der Waals surface area (Å²) < 4.78 is 53.5. The molecule has 0 saturated heterocycles. The van der Waals surface area contributed by atoms with Gasteiger partial charge in [-0.3, -0.25) is 4.79 Å².